The van der Waals surface area contributed by atoms with E-state index in [-0.39, 0.29) is 5.91 Å². The molecule has 0 radical (unpaired) electrons. The fraction of sp³-hybridized carbons (Fsp3) is 0.375. The maximum Gasteiger partial charge on any atom is 0.226 e. The van der Waals surface area contributed by atoms with Crippen molar-refractivity contribution in [3.63, 3.8) is 0 Å². The topological polar surface area (TPSA) is 67.6 Å². The van der Waals surface area contributed by atoms with Gasteiger partial charge in [0.15, 0.2) is 5.82 Å². The highest BCUT2D eigenvalue weighted by atomic mass is 16.5. The molecule has 0 saturated carbocycles. The molecule has 6 heteroatoms. The minimum atomic E-state index is -0.0780. The standard InChI is InChI=1S/C16H21N3O3/c1-12-9-15(18-22-12)17-16(20)7-8-19(2)11-13-5-4-6-14(10-13)21-3/h4-6,9-10H,7-8,11H2,1-3H3,(H,17,18,20). The van der Waals surface area contributed by atoms with E-state index < -0.39 is 0 Å². The molecule has 0 aliphatic rings. The second kappa shape index (κ2) is 7.61. The third kappa shape index (κ3) is 4.89. The highest BCUT2D eigenvalue weighted by Gasteiger charge is 2.08. The van der Waals surface area contributed by atoms with Crippen LogP contribution < -0.4 is 10.1 Å². The van der Waals surface area contributed by atoms with Gasteiger partial charge in [0.25, 0.3) is 0 Å². The van der Waals surface area contributed by atoms with Gasteiger partial charge in [-0.05, 0) is 31.7 Å². The lowest BCUT2D eigenvalue weighted by atomic mass is 10.2. The maximum atomic E-state index is 11.8. The Kier molecular flexibility index (Phi) is 5.55. The maximum absolute atomic E-state index is 11.8. The summed E-state index contributed by atoms with van der Waals surface area (Å²) in [6, 6.07) is 9.60. The van der Waals surface area contributed by atoms with Gasteiger partial charge in [-0.2, -0.15) is 0 Å². The molecule has 1 aromatic heterocycles. The number of rotatable bonds is 7. The fourth-order valence-corrected chi connectivity index (χ4v) is 2.08. The van der Waals surface area contributed by atoms with Crippen molar-refractivity contribution in [2.75, 3.05) is 26.0 Å². The monoisotopic (exact) mass is 303 g/mol. The number of amides is 1. The quantitative estimate of drug-likeness (QED) is 0.851. The number of nitrogens with zero attached hydrogens (tertiary/aromatic N) is 2. The van der Waals surface area contributed by atoms with Crippen molar-refractivity contribution in [1.82, 2.24) is 10.1 Å². The minimum absolute atomic E-state index is 0.0780. The summed E-state index contributed by atoms with van der Waals surface area (Å²) < 4.78 is 10.1. The van der Waals surface area contributed by atoms with Crippen LogP contribution >= 0.6 is 0 Å². The van der Waals surface area contributed by atoms with E-state index in [0.29, 0.717) is 24.5 Å². The Balaban J connectivity index is 1.77. The molecule has 2 aromatic rings. The first-order valence-electron chi connectivity index (χ1n) is 7.11. The summed E-state index contributed by atoms with van der Waals surface area (Å²) in [4.78, 5) is 13.9. The predicted octanol–water partition coefficient (Wildman–Crippen LogP) is 2.45. The SMILES string of the molecule is COc1cccc(CN(C)CCC(=O)Nc2cc(C)on2)c1. The minimum Gasteiger partial charge on any atom is -0.497 e. The van der Waals surface area contributed by atoms with Crippen molar-refractivity contribution in [2.45, 2.75) is 19.9 Å². The summed E-state index contributed by atoms with van der Waals surface area (Å²) in [6.07, 6.45) is 0.395. The van der Waals surface area contributed by atoms with E-state index in [0.717, 1.165) is 17.9 Å². The van der Waals surface area contributed by atoms with Gasteiger partial charge in [-0.25, -0.2) is 0 Å². The third-order valence-corrected chi connectivity index (χ3v) is 3.20. The number of carbonyl (C=O) groups is 1. The van der Waals surface area contributed by atoms with E-state index in [9.17, 15) is 4.79 Å². The van der Waals surface area contributed by atoms with Crippen LogP contribution in [0.1, 0.15) is 17.7 Å². The third-order valence-electron chi connectivity index (χ3n) is 3.20. The van der Waals surface area contributed by atoms with Crippen LogP contribution in [-0.4, -0.2) is 36.7 Å². The summed E-state index contributed by atoms with van der Waals surface area (Å²) in [5, 5.41) is 6.45. The van der Waals surface area contributed by atoms with Gasteiger partial charge in [-0.3, -0.25) is 4.79 Å². The zero-order valence-corrected chi connectivity index (χ0v) is 13.1. The van der Waals surface area contributed by atoms with Crippen LogP contribution in [0.2, 0.25) is 0 Å². The normalized spacial score (nSPS) is 10.7. The molecule has 1 N–H and O–H groups in total. The van der Waals surface area contributed by atoms with E-state index in [4.69, 9.17) is 9.26 Å². The van der Waals surface area contributed by atoms with Crippen molar-refractivity contribution in [3.05, 3.63) is 41.7 Å². The van der Waals surface area contributed by atoms with E-state index in [1.54, 1.807) is 20.1 Å². The van der Waals surface area contributed by atoms with Gasteiger partial charge in [-0.1, -0.05) is 17.3 Å². The number of anilines is 1. The van der Waals surface area contributed by atoms with Crippen molar-refractivity contribution < 1.29 is 14.1 Å². The van der Waals surface area contributed by atoms with Crippen molar-refractivity contribution >= 4 is 11.7 Å². The number of hydrogen-bond donors (Lipinski definition) is 1. The molecular formula is C16H21N3O3. The Hall–Kier alpha value is -2.34. The smallest absolute Gasteiger partial charge is 0.226 e. The van der Waals surface area contributed by atoms with Gasteiger partial charge in [0.2, 0.25) is 5.91 Å². The first-order valence-corrected chi connectivity index (χ1v) is 7.11. The molecule has 0 fully saturated rings. The average molecular weight is 303 g/mol. The van der Waals surface area contributed by atoms with Crippen LogP contribution in [0.4, 0.5) is 5.82 Å². The number of methoxy groups -OCH3 is 1. The molecule has 0 aliphatic heterocycles. The highest BCUT2D eigenvalue weighted by Crippen LogP contribution is 2.14. The number of aryl methyl sites for hydroxylation is 1. The highest BCUT2D eigenvalue weighted by molar-refractivity contribution is 5.89. The first-order chi connectivity index (χ1) is 10.6. The molecule has 0 unspecified atom stereocenters. The van der Waals surface area contributed by atoms with Gasteiger partial charge in [0.05, 0.1) is 7.11 Å². The van der Waals surface area contributed by atoms with E-state index in [2.05, 4.69) is 15.4 Å². The lowest BCUT2D eigenvalue weighted by molar-refractivity contribution is -0.116. The van der Waals surface area contributed by atoms with Crippen molar-refractivity contribution in [2.24, 2.45) is 0 Å². The van der Waals surface area contributed by atoms with Crippen LogP contribution in [0.3, 0.4) is 0 Å². The number of ether oxygens (including phenoxy) is 1. The van der Waals surface area contributed by atoms with Crippen molar-refractivity contribution in [1.29, 1.82) is 0 Å². The molecule has 1 heterocycles. The summed E-state index contributed by atoms with van der Waals surface area (Å²) in [7, 11) is 3.63. The average Bonchev–Trinajstić information content (AvgIpc) is 2.90. The number of hydrogen-bond acceptors (Lipinski definition) is 5. The molecule has 22 heavy (non-hydrogen) atoms. The Labute approximate surface area is 130 Å². The first kappa shape index (κ1) is 16.0. The zero-order chi connectivity index (χ0) is 15.9. The van der Waals surface area contributed by atoms with Gasteiger partial charge in [0.1, 0.15) is 11.5 Å². The molecule has 118 valence electrons. The molecule has 0 spiro atoms. The van der Waals surface area contributed by atoms with Gasteiger partial charge >= 0.3 is 0 Å². The molecule has 1 aromatic carbocycles. The number of nitrogens with one attached hydrogen (secondary N) is 1. The van der Waals surface area contributed by atoms with Crippen LogP contribution in [0.25, 0.3) is 0 Å². The molecule has 0 aliphatic carbocycles. The van der Waals surface area contributed by atoms with Crippen LogP contribution in [0.15, 0.2) is 34.9 Å². The molecule has 6 nitrogen and oxygen atoms in total. The Morgan fingerprint density at radius 2 is 2.23 bits per heavy atom. The molecule has 2 rings (SSSR count). The Morgan fingerprint density at radius 1 is 1.41 bits per heavy atom. The second-order valence-electron chi connectivity index (χ2n) is 5.21. The van der Waals surface area contributed by atoms with E-state index in [1.165, 1.54) is 0 Å². The number of aromatic nitrogens is 1. The Bertz CT molecular complexity index is 625. The second-order valence-corrected chi connectivity index (χ2v) is 5.21. The van der Waals surface area contributed by atoms with Crippen LogP contribution in [0.5, 0.6) is 5.75 Å². The molecule has 0 saturated heterocycles. The summed E-state index contributed by atoms with van der Waals surface area (Å²) in [5.74, 6) is 1.89. The molecule has 0 atom stereocenters. The molecular weight excluding hydrogens is 282 g/mol. The predicted molar refractivity (Wildman–Crippen MR) is 83.8 cm³/mol. The van der Waals surface area contributed by atoms with E-state index in [1.807, 2.05) is 31.3 Å². The van der Waals surface area contributed by atoms with Crippen molar-refractivity contribution in [3.8, 4) is 5.75 Å². The largest absolute Gasteiger partial charge is 0.497 e. The van der Waals surface area contributed by atoms with Gasteiger partial charge < -0.3 is 19.5 Å². The summed E-state index contributed by atoms with van der Waals surface area (Å²) >= 11 is 0. The fourth-order valence-electron chi connectivity index (χ4n) is 2.08. The van der Waals surface area contributed by atoms with E-state index >= 15 is 0 Å². The lowest BCUT2D eigenvalue weighted by Crippen LogP contribution is -2.24. The molecule has 1 amide bonds. The molecule has 0 bridgehead atoms. The lowest BCUT2D eigenvalue weighted by Gasteiger charge is -2.16. The Morgan fingerprint density at radius 3 is 2.91 bits per heavy atom. The van der Waals surface area contributed by atoms with Gasteiger partial charge in [0, 0.05) is 25.6 Å². The van der Waals surface area contributed by atoms with Gasteiger partial charge in [-0.15, -0.1) is 0 Å². The number of benzene rings is 1. The number of carbonyl (C=O) groups excluding carboxylic acids is 1. The van der Waals surface area contributed by atoms with Crippen LogP contribution in [0, 0.1) is 6.92 Å². The van der Waals surface area contributed by atoms with Crippen LogP contribution in [-0.2, 0) is 11.3 Å². The zero-order valence-electron chi connectivity index (χ0n) is 13.1. The summed E-state index contributed by atoms with van der Waals surface area (Å²) in [6.45, 7) is 3.19. The summed E-state index contributed by atoms with van der Waals surface area (Å²) in [5.41, 5.74) is 1.15.